The van der Waals surface area contributed by atoms with Crippen LogP contribution >= 0.6 is 0 Å². The molecule has 0 saturated carbocycles. The quantitative estimate of drug-likeness (QED) is 0.800. The van der Waals surface area contributed by atoms with E-state index in [9.17, 15) is 5.11 Å². The molecule has 15 heavy (non-hydrogen) atoms. The molecule has 3 nitrogen and oxygen atoms in total. The van der Waals surface area contributed by atoms with Crippen molar-refractivity contribution in [1.82, 2.24) is 0 Å². The molecule has 0 aliphatic heterocycles. The van der Waals surface area contributed by atoms with Gasteiger partial charge in [0.1, 0.15) is 0 Å². The number of aromatic hydroxyl groups is 1. The second-order valence-corrected chi connectivity index (χ2v) is 4.17. The van der Waals surface area contributed by atoms with Gasteiger partial charge < -0.3 is 15.6 Å². The van der Waals surface area contributed by atoms with Crippen LogP contribution < -0.4 is 10.5 Å². The lowest BCUT2D eigenvalue weighted by Crippen LogP contribution is -2.12. The summed E-state index contributed by atoms with van der Waals surface area (Å²) in [6.07, 6.45) is 0.909. The molecule has 0 aromatic heterocycles. The first-order valence-electron chi connectivity index (χ1n) is 5.17. The predicted octanol–water partition coefficient (Wildman–Crippen LogP) is 2.45. The number of benzene rings is 1. The maximum atomic E-state index is 9.59. The SMILES string of the molecule is COc1ccc([C@H](N)CC(C)C)cc1O. The van der Waals surface area contributed by atoms with Crippen molar-refractivity contribution in [2.24, 2.45) is 11.7 Å². The van der Waals surface area contributed by atoms with Gasteiger partial charge in [-0.1, -0.05) is 19.9 Å². The van der Waals surface area contributed by atoms with Gasteiger partial charge in [0.2, 0.25) is 0 Å². The molecule has 3 heteroatoms. The van der Waals surface area contributed by atoms with E-state index in [-0.39, 0.29) is 11.8 Å². The van der Waals surface area contributed by atoms with Gasteiger partial charge >= 0.3 is 0 Å². The zero-order valence-corrected chi connectivity index (χ0v) is 9.53. The molecule has 1 atom stereocenters. The van der Waals surface area contributed by atoms with Crippen molar-refractivity contribution in [1.29, 1.82) is 0 Å². The highest BCUT2D eigenvalue weighted by atomic mass is 16.5. The van der Waals surface area contributed by atoms with E-state index >= 15 is 0 Å². The Morgan fingerprint density at radius 3 is 2.53 bits per heavy atom. The molecule has 1 aromatic rings. The van der Waals surface area contributed by atoms with Crippen LogP contribution in [0.15, 0.2) is 18.2 Å². The first-order valence-corrected chi connectivity index (χ1v) is 5.17. The maximum Gasteiger partial charge on any atom is 0.160 e. The van der Waals surface area contributed by atoms with E-state index in [0.717, 1.165) is 12.0 Å². The molecule has 0 aliphatic rings. The minimum atomic E-state index is -0.0261. The van der Waals surface area contributed by atoms with Crippen molar-refractivity contribution < 1.29 is 9.84 Å². The Morgan fingerprint density at radius 2 is 2.07 bits per heavy atom. The van der Waals surface area contributed by atoms with E-state index in [2.05, 4.69) is 13.8 Å². The molecule has 0 aliphatic carbocycles. The number of hydrogen-bond donors (Lipinski definition) is 2. The summed E-state index contributed by atoms with van der Waals surface area (Å²) in [6.45, 7) is 4.26. The molecule has 0 radical (unpaired) electrons. The maximum absolute atomic E-state index is 9.59. The van der Waals surface area contributed by atoms with Crippen LogP contribution in [0.5, 0.6) is 11.5 Å². The zero-order valence-electron chi connectivity index (χ0n) is 9.53. The van der Waals surface area contributed by atoms with Crippen molar-refractivity contribution in [2.45, 2.75) is 26.3 Å². The van der Waals surface area contributed by atoms with Crippen LogP contribution in [-0.2, 0) is 0 Å². The van der Waals surface area contributed by atoms with E-state index in [1.807, 2.05) is 6.07 Å². The number of rotatable bonds is 4. The molecule has 0 fully saturated rings. The van der Waals surface area contributed by atoms with E-state index in [0.29, 0.717) is 11.7 Å². The van der Waals surface area contributed by atoms with Crippen molar-refractivity contribution in [3.8, 4) is 11.5 Å². The molecule has 0 bridgehead atoms. The van der Waals surface area contributed by atoms with Crippen molar-refractivity contribution >= 4 is 0 Å². The topological polar surface area (TPSA) is 55.5 Å². The molecular weight excluding hydrogens is 190 g/mol. The normalized spacial score (nSPS) is 12.9. The Hall–Kier alpha value is -1.22. The van der Waals surface area contributed by atoms with Crippen LogP contribution in [0, 0.1) is 5.92 Å². The van der Waals surface area contributed by atoms with Crippen LogP contribution in [0.1, 0.15) is 31.9 Å². The summed E-state index contributed by atoms with van der Waals surface area (Å²) in [7, 11) is 1.53. The Bertz CT molecular complexity index is 323. The summed E-state index contributed by atoms with van der Waals surface area (Å²) < 4.78 is 4.97. The third-order valence-corrected chi connectivity index (χ3v) is 2.36. The largest absolute Gasteiger partial charge is 0.504 e. The van der Waals surface area contributed by atoms with Crippen LogP contribution in [0.25, 0.3) is 0 Å². The van der Waals surface area contributed by atoms with Gasteiger partial charge in [-0.25, -0.2) is 0 Å². The molecular formula is C12H19NO2. The molecule has 1 aromatic carbocycles. The minimum Gasteiger partial charge on any atom is -0.504 e. The number of ether oxygens (including phenoxy) is 1. The Morgan fingerprint density at radius 1 is 1.40 bits per heavy atom. The summed E-state index contributed by atoms with van der Waals surface area (Å²) >= 11 is 0. The minimum absolute atomic E-state index is 0.0261. The fraction of sp³-hybridized carbons (Fsp3) is 0.500. The van der Waals surface area contributed by atoms with Crippen LogP contribution in [0.3, 0.4) is 0 Å². The predicted molar refractivity (Wildman–Crippen MR) is 61.0 cm³/mol. The van der Waals surface area contributed by atoms with Gasteiger partial charge in [0, 0.05) is 6.04 Å². The fourth-order valence-electron chi connectivity index (χ4n) is 1.58. The Labute approximate surface area is 90.9 Å². The number of methoxy groups -OCH3 is 1. The summed E-state index contributed by atoms with van der Waals surface area (Å²) in [5.74, 6) is 1.17. The molecule has 0 amide bonds. The van der Waals surface area contributed by atoms with Crippen molar-refractivity contribution in [3.05, 3.63) is 23.8 Å². The van der Waals surface area contributed by atoms with Gasteiger partial charge in [-0.15, -0.1) is 0 Å². The molecule has 84 valence electrons. The van der Waals surface area contributed by atoms with Gasteiger partial charge in [-0.05, 0) is 30.0 Å². The molecule has 0 spiro atoms. The second kappa shape index (κ2) is 5.03. The highest BCUT2D eigenvalue weighted by Gasteiger charge is 2.10. The van der Waals surface area contributed by atoms with Gasteiger partial charge in [0.15, 0.2) is 11.5 Å². The molecule has 0 heterocycles. The highest BCUT2D eigenvalue weighted by molar-refractivity contribution is 5.42. The lowest BCUT2D eigenvalue weighted by Gasteiger charge is -2.15. The Balaban J connectivity index is 2.82. The highest BCUT2D eigenvalue weighted by Crippen LogP contribution is 2.29. The van der Waals surface area contributed by atoms with Crippen LogP contribution in [0.4, 0.5) is 0 Å². The van der Waals surface area contributed by atoms with Gasteiger partial charge in [0.05, 0.1) is 7.11 Å². The van der Waals surface area contributed by atoms with E-state index in [4.69, 9.17) is 10.5 Å². The van der Waals surface area contributed by atoms with Gasteiger partial charge in [-0.3, -0.25) is 0 Å². The summed E-state index contributed by atoms with van der Waals surface area (Å²) in [4.78, 5) is 0. The molecule has 3 N–H and O–H groups in total. The smallest absolute Gasteiger partial charge is 0.160 e. The zero-order chi connectivity index (χ0) is 11.4. The average Bonchev–Trinajstić information content (AvgIpc) is 2.16. The van der Waals surface area contributed by atoms with Crippen molar-refractivity contribution in [2.75, 3.05) is 7.11 Å². The van der Waals surface area contributed by atoms with E-state index in [1.165, 1.54) is 7.11 Å². The van der Waals surface area contributed by atoms with E-state index in [1.54, 1.807) is 12.1 Å². The monoisotopic (exact) mass is 209 g/mol. The fourth-order valence-corrected chi connectivity index (χ4v) is 1.58. The molecule has 0 saturated heterocycles. The van der Waals surface area contributed by atoms with E-state index < -0.39 is 0 Å². The third-order valence-electron chi connectivity index (χ3n) is 2.36. The number of nitrogens with two attached hydrogens (primary N) is 1. The standard InChI is InChI=1S/C12H19NO2/c1-8(2)6-10(13)9-4-5-12(15-3)11(14)7-9/h4-5,7-8,10,14H,6,13H2,1-3H3/t10-/m1/s1. The van der Waals surface area contributed by atoms with Crippen LogP contribution in [0.2, 0.25) is 0 Å². The average molecular weight is 209 g/mol. The number of hydrogen-bond acceptors (Lipinski definition) is 3. The van der Waals surface area contributed by atoms with Gasteiger partial charge in [-0.2, -0.15) is 0 Å². The lowest BCUT2D eigenvalue weighted by molar-refractivity contribution is 0.372. The van der Waals surface area contributed by atoms with Gasteiger partial charge in [0.25, 0.3) is 0 Å². The summed E-state index contributed by atoms with van der Waals surface area (Å²) in [5, 5.41) is 9.59. The lowest BCUT2D eigenvalue weighted by atomic mass is 9.97. The second-order valence-electron chi connectivity index (χ2n) is 4.17. The number of phenols is 1. The molecule has 0 unspecified atom stereocenters. The molecule has 1 rings (SSSR count). The summed E-state index contributed by atoms with van der Waals surface area (Å²) in [6, 6.07) is 5.28. The first kappa shape index (κ1) is 11.9. The Kier molecular flexibility index (Phi) is 3.97. The first-order chi connectivity index (χ1) is 7.04. The number of phenolic OH excluding ortho intramolecular Hbond substituents is 1. The van der Waals surface area contributed by atoms with Crippen molar-refractivity contribution in [3.63, 3.8) is 0 Å². The van der Waals surface area contributed by atoms with Crippen LogP contribution in [-0.4, -0.2) is 12.2 Å². The third kappa shape index (κ3) is 3.13. The summed E-state index contributed by atoms with van der Waals surface area (Å²) in [5.41, 5.74) is 6.95.